The van der Waals surface area contributed by atoms with E-state index in [9.17, 15) is 19.5 Å². The number of likely N-dealkylation sites (tertiary alicyclic amines) is 1. The Hall–Kier alpha value is -4.38. The SMILES string of the molecule is CC(C)n1nc(C(=O)NC2CCC3(CC2)CN(C(=O)c2ccc(C#Cc4ccccc4)cc2)C3)cc1C(=O)O. The third-order valence-corrected chi connectivity index (χ3v) is 7.65. The van der Waals surface area contributed by atoms with E-state index in [4.69, 9.17) is 0 Å². The number of nitrogens with zero attached hydrogens (tertiary/aromatic N) is 3. The second kappa shape index (κ2) is 10.8. The Labute approximate surface area is 228 Å². The van der Waals surface area contributed by atoms with Crippen molar-refractivity contribution in [1.82, 2.24) is 20.0 Å². The summed E-state index contributed by atoms with van der Waals surface area (Å²) in [5.41, 5.74) is 2.72. The number of amides is 2. The Balaban J connectivity index is 1.11. The van der Waals surface area contributed by atoms with Crippen LogP contribution >= 0.6 is 0 Å². The fraction of sp³-hybridized carbons (Fsp3) is 0.355. The Morgan fingerprint density at radius 1 is 0.974 bits per heavy atom. The average molecular weight is 525 g/mol. The van der Waals surface area contributed by atoms with Gasteiger partial charge in [0.2, 0.25) is 0 Å². The van der Waals surface area contributed by atoms with Gasteiger partial charge < -0.3 is 15.3 Å². The zero-order valence-corrected chi connectivity index (χ0v) is 22.2. The molecular formula is C31H32N4O4. The highest BCUT2D eigenvalue weighted by Gasteiger charge is 2.47. The molecule has 1 aliphatic carbocycles. The van der Waals surface area contributed by atoms with E-state index in [1.807, 2.05) is 73.3 Å². The third kappa shape index (κ3) is 5.73. The molecule has 3 aromatic rings. The Kier molecular flexibility index (Phi) is 7.25. The molecule has 1 aliphatic heterocycles. The molecule has 2 fully saturated rings. The van der Waals surface area contributed by atoms with Crippen LogP contribution in [0.25, 0.3) is 0 Å². The third-order valence-electron chi connectivity index (χ3n) is 7.65. The van der Waals surface area contributed by atoms with E-state index in [2.05, 4.69) is 22.3 Å². The van der Waals surface area contributed by atoms with Crippen molar-refractivity contribution in [3.63, 3.8) is 0 Å². The number of aromatic nitrogens is 2. The fourth-order valence-corrected chi connectivity index (χ4v) is 5.46. The molecule has 8 nitrogen and oxygen atoms in total. The molecule has 2 aliphatic rings. The maximum Gasteiger partial charge on any atom is 0.354 e. The maximum atomic E-state index is 13.0. The van der Waals surface area contributed by atoms with Gasteiger partial charge in [-0.25, -0.2) is 4.79 Å². The molecule has 1 saturated carbocycles. The van der Waals surface area contributed by atoms with Crippen molar-refractivity contribution in [2.75, 3.05) is 13.1 Å². The van der Waals surface area contributed by atoms with Crippen molar-refractivity contribution in [3.05, 3.63) is 88.7 Å². The first-order chi connectivity index (χ1) is 18.7. The van der Waals surface area contributed by atoms with Crippen molar-refractivity contribution < 1.29 is 19.5 Å². The molecule has 1 saturated heterocycles. The first kappa shape index (κ1) is 26.2. The molecule has 0 atom stereocenters. The summed E-state index contributed by atoms with van der Waals surface area (Å²) in [6.45, 7) is 5.10. The van der Waals surface area contributed by atoms with E-state index in [1.54, 1.807) is 0 Å². The minimum absolute atomic E-state index is 0.00623. The zero-order chi connectivity index (χ0) is 27.6. The van der Waals surface area contributed by atoms with Gasteiger partial charge in [-0.1, -0.05) is 30.0 Å². The number of hydrogen-bond acceptors (Lipinski definition) is 4. The maximum absolute atomic E-state index is 13.0. The van der Waals surface area contributed by atoms with Gasteiger partial charge in [-0.15, -0.1) is 0 Å². The predicted molar refractivity (Wildman–Crippen MR) is 146 cm³/mol. The number of carboxylic acid groups (broad SMARTS) is 1. The Bertz CT molecular complexity index is 1430. The van der Waals surface area contributed by atoms with Crippen LogP contribution in [0.4, 0.5) is 0 Å². The smallest absolute Gasteiger partial charge is 0.354 e. The number of nitrogens with one attached hydrogen (secondary N) is 1. The predicted octanol–water partition coefficient (Wildman–Crippen LogP) is 4.38. The van der Waals surface area contributed by atoms with Gasteiger partial charge in [-0.3, -0.25) is 14.3 Å². The van der Waals surface area contributed by atoms with Crippen molar-refractivity contribution in [2.24, 2.45) is 5.41 Å². The molecule has 0 unspecified atom stereocenters. The molecule has 2 amide bonds. The zero-order valence-electron chi connectivity index (χ0n) is 22.2. The van der Waals surface area contributed by atoms with Gasteiger partial charge in [0.1, 0.15) is 5.69 Å². The van der Waals surface area contributed by atoms with Crippen molar-refractivity contribution in [1.29, 1.82) is 0 Å². The molecule has 2 N–H and O–H groups in total. The van der Waals surface area contributed by atoms with Gasteiger partial charge in [0.25, 0.3) is 11.8 Å². The van der Waals surface area contributed by atoms with Crippen molar-refractivity contribution >= 4 is 17.8 Å². The van der Waals surface area contributed by atoms with Crippen molar-refractivity contribution in [2.45, 2.75) is 51.6 Å². The molecule has 200 valence electrons. The quantitative estimate of drug-likeness (QED) is 0.482. The lowest BCUT2D eigenvalue weighted by Crippen LogP contribution is -2.60. The van der Waals surface area contributed by atoms with Crippen LogP contribution in [0.5, 0.6) is 0 Å². The van der Waals surface area contributed by atoms with E-state index >= 15 is 0 Å². The van der Waals surface area contributed by atoms with E-state index in [0.717, 1.165) is 49.9 Å². The van der Waals surface area contributed by atoms with Gasteiger partial charge in [0.05, 0.1) is 0 Å². The largest absolute Gasteiger partial charge is 0.477 e. The minimum Gasteiger partial charge on any atom is -0.477 e. The number of rotatable bonds is 5. The van der Waals surface area contributed by atoms with Crippen LogP contribution in [0.15, 0.2) is 60.7 Å². The number of hydrogen-bond donors (Lipinski definition) is 2. The van der Waals surface area contributed by atoms with Crippen LogP contribution in [0, 0.1) is 17.3 Å². The molecular weight excluding hydrogens is 492 g/mol. The number of aromatic carboxylic acids is 1. The lowest BCUT2D eigenvalue weighted by atomic mass is 9.67. The molecule has 39 heavy (non-hydrogen) atoms. The summed E-state index contributed by atoms with van der Waals surface area (Å²) in [6, 6.07) is 18.4. The van der Waals surface area contributed by atoms with Crippen LogP contribution < -0.4 is 5.32 Å². The highest BCUT2D eigenvalue weighted by molar-refractivity contribution is 5.96. The van der Waals surface area contributed by atoms with Gasteiger partial charge in [-0.2, -0.15) is 5.10 Å². The summed E-state index contributed by atoms with van der Waals surface area (Å²) >= 11 is 0. The van der Waals surface area contributed by atoms with E-state index in [0.29, 0.717) is 5.56 Å². The first-order valence-electron chi connectivity index (χ1n) is 13.3. The van der Waals surface area contributed by atoms with Crippen molar-refractivity contribution in [3.8, 4) is 11.8 Å². The lowest BCUT2D eigenvalue weighted by molar-refractivity contribution is -0.0198. The molecule has 1 spiro atoms. The summed E-state index contributed by atoms with van der Waals surface area (Å²) in [6.07, 6.45) is 3.49. The standard InChI is InChI=1S/C31H32N4O4/c1-21(2)35-27(30(38)39)18-26(33-35)28(36)32-25-14-16-31(17-15-25)19-34(20-31)29(37)24-12-10-23(11-13-24)9-8-22-6-4-3-5-7-22/h3-7,10-13,18,21,25H,14-17,19-20H2,1-2H3,(H,32,36)(H,38,39). The van der Waals surface area contributed by atoms with Crippen LogP contribution in [-0.2, 0) is 0 Å². The molecule has 1 aromatic heterocycles. The van der Waals surface area contributed by atoms with Gasteiger partial charge in [-0.05, 0) is 75.9 Å². The molecule has 0 bridgehead atoms. The van der Waals surface area contributed by atoms with Crippen LogP contribution in [0.2, 0.25) is 0 Å². The molecule has 2 heterocycles. The monoisotopic (exact) mass is 524 g/mol. The highest BCUT2D eigenvalue weighted by Crippen LogP contribution is 2.44. The summed E-state index contributed by atoms with van der Waals surface area (Å²) in [5.74, 6) is 4.85. The normalized spacial score (nSPS) is 16.3. The number of carbonyl (C=O) groups is 3. The van der Waals surface area contributed by atoms with E-state index < -0.39 is 5.97 Å². The van der Waals surface area contributed by atoms with Gasteiger partial charge in [0, 0.05) is 53.3 Å². The summed E-state index contributed by atoms with van der Waals surface area (Å²) in [7, 11) is 0. The molecule has 8 heteroatoms. The van der Waals surface area contributed by atoms with Crippen LogP contribution in [0.1, 0.15) is 88.0 Å². The van der Waals surface area contributed by atoms with E-state index in [1.165, 1.54) is 10.7 Å². The Morgan fingerprint density at radius 3 is 2.15 bits per heavy atom. The summed E-state index contributed by atoms with van der Waals surface area (Å²) in [4.78, 5) is 39.2. The molecule has 5 rings (SSSR count). The van der Waals surface area contributed by atoms with Crippen LogP contribution in [0.3, 0.4) is 0 Å². The minimum atomic E-state index is -1.10. The first-order valence-corrected chi connectivity index (χ1v) is 13.3. The summed E-state index contributed by atoms with van der Waals surface area (Å²) in [5, 5.41) is 16.6. The number of carboxylic acids is 1. The lowest BCUT2D eigenvalue weighted by Gasteiger charge is -2.53. The second-order valence-electron chi connectivity index (χ2n) is 10.9. The molecule has 0 radical (unpaired) electrons. The number of carbonyl (C=O) groups excluding carboxylic acids is 2. The van der Waals surface area contributed by atoms with Gasteiger partial charge >= 0.3 is 5.97 Å². The fourth-order valence-electron chi connectivity index (χ4n) is 5.46. The second-order valence-corrected chi connectivity index (χ2v) is 10.9. The Morgan fingerprint density at radius 2 is 1.59 bits per heavy atom. The average Bonchev–Trinajstić information content (AvgIpc) is 3.39. The topological polar surface area (TPSA) is 105 Å². The number of benzene rings is 2. The highest BCUT2D eigenvalue weighted by atomic mass is 16.4. The summed E-state index contributed by atoms with van der Waals surface area (Å²) < 4.78 is 1.36. The molecule has 2 aromatic carbocycles. The van der Waals surface area contributed by atoms with E-state index in [-0.39, 0.29) is 40.7 Å². The van der Waals surface area contributed by atoms with Crippen LogP contribution in [-0.4, -0.2) is 56.7 Å². The van der Waals surface area contributed by atoms with Gasteiger partial charge in [0.15, 0.2) is 5.69 Å².